The van der Waals surface area contributed by atoms with Gasteiger partial charge >= 0.3 is 0 Å². The van der Waals surface area contributed by atoms with Crippen LogP contribution < -0.4 is 10.2 Å². The molecule has 1 aromatic carbocycles. The molecule has 0 aliphatic heterocycles. The van der Waals surface area contributed by atoms with Gasteiger partial charge in [-0.15, -0.1) is 0 Å². The largest absolute Gasteiger partial charge is 0.394 e. The Morgan fingerprint density at radius 2 is 2.00 bits per heavy atom. The second-order valence-corrected chi connectivity index (χ2v) is 6.70. The van der Waals surface area contributed by atoms with Gasteiger partial charge in [0.2, 0.25) is 0 Å². The van der Waals surface area contributed by atoms with E-state index in [9.17, 15) is 5.11 Å². The number of aliphatic hydroxyl groups is 1. The molecule has 1 rings (SSSR count). The fourth-order valence-electron chi connectivity index (χ4n) is 1.66. The van der Waals surface area contributed by atoms with Crippen LogP contribution in [-0.4, -0.2) is 30.3 Å². The summed E-state index contributed by atoms with van der Waals surface area (Å²) < 4.78 is 1.10. The zero-order valence-corrected chi connectivity index (χ0v) is 14.1. The summed E-state index contributed by atoms with van der Waals surface area (Å²) in [7, 11) is 2.00. The molecule has 0 saturated carbocycles. The number of likely N-dealkylation sites (N-methyl/N-ethyl adjacent to an activating group) is 1. The first-order valence-electron chi connectivity index (χ1n) is 6.64. The van der Waals surface area contributed by atoms with Crippen LogP contribution in [-0.2, 0) is 6.54 Å². The fourth-order valence-corrected chi connectivity index (χ4v) is 2.16. The topological polar surface area (TPSA) is 35.5 Å². The lowest BCUT2D eigenvalue weighted by Crippen LogP contribution is -2.44. The summed E-state index contributed by atoms with van der Waals surface area (Å²) in [5, 5.41) is 12.8. The average molecular weight is 329 g/mol. The Morgan fingerprint density at radius 3 is 2.47 bits per heavy atom. The standard InChI is InChI=1S/C15H25BrN2O/c1-11(2)17-9-12-6-7-13(8-14(12)16)18(5)15(3,4)10-19/h6-8,11,17,19H,9-10H2,1-5H3. The molecule has 2 N–H and O–H groups in total. The van der Waals surface area contributed by atoms with Gasteiger partial charge in [0, 0.05) is 29.8 Å². The second-order valence-electron chi connectivity index (χ2n) is 5.84. The van der Waals surface area contributed by atoms with E-state index in [1.165, 1.54) is 5.56 Å². The van der Waals surface area contributed by atoms with Crippen LogP contribution in [0, 0.1) is 0 Å². The summed E-state index contributed by atoms with van der Waals surface area (Å²) in [6.07, 6.45) is 0. The Balaban J connectivity index is 2.87. The highest BCUT2D eigenvalue weighted by Crippen LogP contribution is 2.27. The van der Waals surface area contributed by atoms with E-state index in [1.54, 1.807) is 0 Å². The van der Waals surface area contributed by atoms with Gasteiger partial charge in [0.05, 0.1) is 12.1 Å². The van der Waals surface area contributed by atoms with Gasteiger partial charge in [0.25, 0.3) is 0 Å². The van der Waals surface area contributed by atoms with Gasteiger partial charge in [-0.1, -0.05) is 35.8 Å². The van der Waals surface area contributed by atoms with Crippen molar-refractivity contribution in [3.63, 3.8) is 0 Å². The third-order valence-electron chi connectivity index (χ3n) is 3.42. The highest BCUT2D eigenvalue weighted by atomic mass is 79.9. The quantitative estimate of drug-likeness (QED) is 0.842. The molecule has 3 nitrogen and oxygen atoms in total. The first-order valence-corrected chi connectivity index (χ1v) is 7.43. The second kappa shape index (κ2) is 6.73. The molecule has 0 aliphatic carbocycles. The predicted octanol–water partition coefficient (Wildman–Crippen LogP) is 3.15. The number of anilines is 1. The van der Waals surface area contributed by atoms with Gasteiger partial charge < -0.3 is 15.3 Å². The number of halogens is 1. The molecule has 0 aromatic heterocycles. The van der Waals surface area contributed by atoms with Crippen LogP contribution in [0.25, 0.3) is 0 Å². The van der Waals surface area contributed by atoms with Crippen molar-refractivity contribution >= 4 is 21.6 Å². The van der Waals surface area contributed by atoms with Gasteiger partial charge in [0.1, 0.15) is 0 Å². The molecule has 0 heterocycles. The molecular formula is C15H25BrN2O. The summed E-state index contributed by atoms with van der Waals surface area (Å²) in [6.45, 7) is 9.30. The first-order chi connectivity index (χ1) is 8.77. The fraction of sp³-hybridized carbons (Fsp3) is 0.600. The SMILES string of the molecule is CC(C)NCc1ccc(N(C)C(C)(C)CO)cc1Br. The van der Waals surface area contributed by atoms with Gasteiger partial charge in [-0.25, -0.2) is 0 Å². The maximum Gasteiger partial charge on any atom is 0.0658 e. The molecule has 0 atom stereocenters. The molecule has 4 heteroatoms. The molecule has 108 valence electrons. The summed E-state index contributed by atoms with van der Waals surface area (Å²) in [5.41, 5.74) is 2.07. The summed E-state index contributed by atoms with van der Waals surface area (Å²) in [4.78, 5) is 2.09. The molecule has 0 saturated heterocycles. The minimum atomic E-state index is -0.267. The minimum absolute atomic E-state index is 0.123. The number of benzene rings is 1. The Hall–Kier alpha value is -0.580. The molecule has 0 amide bonds. The number of hydrogen-bond donors (Lipinski definition) is 2. The molecule has 0 fully saturated rings. The van der Waals surface area contributed by atoms with E-state index in [4.69, 9.17) is 0 Å². The van der Waals surface area contributed by atoms with Crippen molar-refractivity contribution in [3.05, 3.63) is 28.2 Å². The van der Waals surface area contributed by atoms with Gasteiger partial charge in [-0.05, 0) is 31.5 Å². The van der Waals surface area contributed by atoms with Crippen LogP contribution in [0.4, 0.5) is 5.69 Å². The Labute approximate surface area is 125 Å². The number of rotatable bonds is 6. The lowest BCUT2D eigenvalue weighted by Gasteiger charge is -2.36. The van der Waals surface area contributed by atoms with E-state index in [0.717, 1.165) is 16.7 Å². The molecule has 0 bridgehead atoms. The van der Waals surface area contributed by atoms with Crippen molar-refractivity contribution in [2.24, 2.45) is 0 Å². The molecule has 0 aliphatic rings. The molecule has 1 aromatic rings. The van der Waals surface area contributed by atoms with E-state index in [0.29, 0.717) is 6.04 Å². The molecule has 0 unspecified atom stereocenters. The van der Waals surface area contributed by atoms with Gasteiger partial charge in [-0.2, -0.15) is 0 Å². The molecular weight excluding hydrogens is 304 g/mol. The third kappa shape index (κ3) is 4.48. The van der Waals surface area contributed by atoms with Crippen molar-refractivity contribution in [2.45, 2.75) is 45.8 Å². The zero-order valence-electron chi connectivity index (χ0n) is 12.5. The smallest absolute Gasteiger partial charge is 0.0658 e. The summed E-state index contributed by atoms with van der Waals surface area (Å²) in [6, 6.07) is 6.80. The van der Waals surface area contributed by atoms with Crippen molar-refractivity contribution in [1.82, 2.24) is 5.32 Å². The van der Waals surface area contributed by atoms with Gasteiger partial charge in [0.15, 0.2) is 0 Å². The average Bonchev–Trinajstić information content (AvgIpc) is 2.36. The van der Waals surface area contributed by atoms with Crippen molar-refractivity contribution < 1.29 is 5.11 Å². The Bertz CT molecular complexity index is 419. The zero-order chi connectivity index (χ0) is 14.6. The Kier molecular flexibility index (Phi) is 5.83. The minimum Gasteiger partial charge on any atom is -0.394 e. The number of nitrogens with zero attached hydrogens (tertiary/aromatic N) is 1. The normalized spacial score (nSPS) is 12.0. The lowest BCUT2D eigenvalue weighted by atomic mass is 10.0. The maximum atomic E-state index is 9.43. The lowest BCUT2D eigenvalue weighted by molar-refractivity contribution is 0.216. The first kappa shape index (κ1) is 16.5. The number of hydrogen-bond acceptors (Lipinski definition) is 3. The molecule has 0 spiro atoms. The van der Waals surface area contributed by atoms with Crippen LogP contribution >= 0.6 is 15.9 Å². The van der Waals surface area contributed by atoms with E-state index in [1.807, 2.05) is 20.9 Å². The molecule has 19 heavy (non-hydrogen) atoms. The van der Waals surface area contributed by atoms with Crippen molar-refractivity contribution in [3.8, 4) is 0 Å². The van der Waals surface area contributed by atoms with E-state index >= 15 is 0 Å². The summed E-state index contributed by atoms with van der Waals surface area (Å²) >= 11 is 3.63. The Morgan fingerprint density at radius 1 is 1.37 bits per heavy atom. The van der Waals surface area contributed by atoms with Gasteiger partial charge in [-0.3, -0.25) is 0 Å². The van der Waals surface area contributed by atoms with Crippen LogP contribution in [0.2, 0.25) is 0 Å². The number of aliphatic hydroxyl groups excluding tert-OH is 1. The summed E-state index contributed by atoms with van der Waals surface area (Å²) in [5.74, 6) is 0. The van der Waals surface area contributed by atoms with Crippen LogP contribution in [0.3, 0.4) is 0 Å². The monoisotopic (exact) mass is 328 g/mol. The predicted molar refractivity (Wildman–Crippen MR) is 85.7 cm³/mol. The van der Waals surface area contributed by atoms with E-state index in [-0.39, 0.29) is 12.1 Å². The van der Waals surface area contributed by atoms with Crippen LogP contribution in [0.15, 0.2) is 22.7 Å². The van der Waals surface area contributed by atoms with Crippen molar-refractivity contribution in [1.29, 1.82) is 0 Å². The number of nitrogens with one attached hydrogen (secondary N) is 1. The molecule has 0 radical (unpaired) electrons. The highest BCUT2D eigenvalue weighted by molar-refractivity contribution is 9.10. The maximum absolute atomic E-state index is 9.43. The highest BCUT2D eigenvalue weighted by Gasteiger charge is 2.23. The van der Waals surface area contributed by atoms with Crippen LogP contribution in [0.1, 0.15) is 33.3 Å². The van der Waals surface area contributed by atoms with E-state index < -0.39 is 0 Å². The van der Waals surface area contributed by atoms with Crippen LogP contribution in [0.5, 0.6) is 0 Å². The third-order valence-corrected chi connectivity index (χ3v) is 4.16. The van der Waals surface area contributed by atoms with E-state index in [2.05, 4.69) is 58.2 Å². The van der Waals surface area contributed by atoms with Crippen molar-refractivity contribution in [2.75, 3.05) is 18.6 Å².